The van der Waals surface area contributed by atoms with Crippen LogP contribution in [0, 0.1) is 23.1 Å². The number of pyridine rings is 1. The average Bonchev–Trinajstić information content (AvgIpc) is 3.36. The van der Waals surface area contributed by atoms with Gasteiger partial charge in [0, 0.05) is 49.3 Å². The van der Waals surface area contributed by atoms with E-state index in [1.807, 2.05) is 4.90 Å². The zero-order valence-corrected chi connectivity index (χ0v) is 13.8. The Morgan fingerprint density at radius 3 is 2.92 bits per heavy atom. The number of likely N-dealkylation sites (tertiary alicyclic amines) is 2. The molecule has 1 N–H and O–H groups in total. The number of aliphatic hydroxyl groups excluding tert-OH is 1. The van der Waals surface area contributed by atoms with E-state index >= 15 is 0 Å². The number of hydrogen-bond acceptors (Lipinski definition) is 4. The van der Waals surface area contributed by atoms with Gasteiger partial charge in [-0.05, 0) is 37.8 Å². The minimum absolute atomic E-state index is 0.0848. The number of aromatic nitrogens is 1. The smallest absolute Gasteiger partial charge is 0.225 e. The van der Waals surface area contributed by atoms with E-state index in [9.17, 15) is 14.3 Å². The molecule has 0 bridgehead atoms. The molecule has 3 heterocycles. The third-order valence-electron chi connectivity index (χ3n) is 5.95. The Morgan fingerprint density at radius 2 is 2.21 bits per heavy atom. The topological polar surface area (TPSA) is 56.7 Å². The number of fused-ring (bicyclic) bond motifs is 1. The Hall–Kier alpha value is -1.53. The zero-order valence-electron chi connectivity index (χ0n) is 13.8. The molecule has 6 heteroatoms. The highest BCUT2D eigenvalue weighted by Crippen LogP contribution is 2.44. The van der Waals surface area contributed by atoms with E-state index in [-0.39, 0.29) is 29.7 Å². The van der Waals surface area contributed by atoms with Gasteiger partial charge in [-0.25, -0.2) is 4.39 Å². The van der Waals surface area contributed by atoms with Crippen LogP contribution in [0.5, 0.6) is 0 Å². The molecule has 1 aromatic rings. The lowest BCUT2D eigenvalue weighted by atomic mass is 9.74. The molecule has 4 rings (SSSR count). The molecule has 130 valence electrons. The van der Waals surface area contributed by atoms with Gasteiger partial charge in [0.25, 0.3) is 0 Å². The summed E-state index contributed by atoms with van der Waals surface area (Å²) in [6, 6.07) is 1.71. The Morgan fingerprint density at radius 1 is 1.38 bits per heavy atom. The molecule has 0 aromatic carbocycles. The summed E-state index contributed by atoms with van der Waals surface area (Å²) in [6.07, 6.45) is 5.83. The van der Waals surface area contributed by atoms with Crippen molar-refractivity contribution in [3.8, 4) is 0 Å². The monoisotopic (exact) mass is 333 g/mol. The molecule has 0 spiro atoms. The van der Waals surface area contributed by atoms with Crippen molar-refractivity contribution in [3.05, 3.63) is 29.8 Å². The molecular formula is C18H24FN3O2. The number of carbonyl (C=O) groups excluding carboxylic acids is 1. The van der Waals surface area contributed by atoms with E-state index in [1.54, 1.807) is 12.3 Å². The number of carbonyl (C=O) groups is 1. The summed E-state index contributed by atoms with van der Waals surface area (Å²) >= 11 is 0. The minimum Gasteiger partial charge on any atom is -0.396 e. The molecule has 0 unspecified atom stereocenters. The highest BCUT2D eigenvalue weighted by molar-refractivity contribution is 5.81. The first-order valence-electron chi connectivity index (χ1n) is 8.82. The molecule has 3 aliphatic rings. The van der Waals surface area contributed by atoms with Crippen LogP contribution < -0.4 is 0 Å². The molecule has 1 aromatic heterocycles. The number of hydrogen-bond donors (Lipinski definition) is 1. The van der Waals surface area contributed by atoms with E-state index in [1.165, 1.54) is 6.20 Å². The van der Waals surface area contributed by atoms with Crippen LogP contribution in [-0.4, -0.2) is 58.6 Å². The summed E-state index contributed by atoms with van der Waals surface area (Å²) in [6.45, 7) is 3.61. The lowest BCUT2D eigenvalue weighted by molar-refractivity contribution is -0.132. The molecule has 0 radical (unpaired) electrons. The maximum atomic E-state index is 13.9. The van der Waals surface area contributed by atoms with Gasteiger partial charge >= 0.3 is 0 Å². The van der Waals surface area contributed by atoms with Crippen molar-refractivity contribution in [2.45, 2.75) is 25.8 Å². The molecule has 2 saturated heterocycles. The highest BCUT2D eigenvalue weighted by atomic mass is 19.1. The molecule has 2 aliphatic heterocycles. The molecule has 3 fully saturated rings. The van der Waals surface area contributed by atoms with Crippen LogP contribution in [0.4, 0.5) is 4.39 Å². The summed E-state index contributed by atoms with van der Waals surface area (Å²) < 4.78 is 13.9. The van der Waals surface area contributed by atoms with E-state index in [0.717, 1.165) is 32.4 Å². The lowest BCUT2D eigenvalue weighted by Crippen LogP contribution is -2.50. The van der Waals surface area contributed by atoms with Crippen LogP contribution in [0.1, 0.15) is 24.8 Å². The van der Waals surface area contributed by atoms with E-state index in [2.05, 4.69) is 9.88 Å². The first-order valence-corrected chi connectivity index (χ1v) is 8.82. The molecular weight excluding hydrogens is 309 g/mol. The Labute approximate surface area is 141 Å². The summed E-state index contributed by atoms with van der Waals surface area (Å²) in [5.74, 6) is 0.560. The zero-order chi connectivity index (χ0) is 16.7. The van der Waals surface area contributed by atoms with Gasteiger partial charge in [-0.3, -0.25) is 14.7 Å². The van der Waals surface area contributed by atoms with Crippen LogP contribution in [0.3, 0.4) is 0 Å². The molecule has 1 aliphatic carbocycles. The van der Waals surface area contributed by atoms with Gasteiger partial charge in [0.1, 0.15) is 5.82 Å². The number of piperidine rings is 1. The molecule has 1 saturated carbocycles. The highest BCUT2D eigenvalue weighted by Gasteiger charge is 2.51. The molecule has 5 nitrogen and oxygen atoms in total. The van der Waals surface area contributed by atoms with Gasteiger partial charge in [-0.1, -0.05) is 0 Å². The van der Waals surface area contributed by atoms with Crippen molar-refractivity contribution < 1.29 is 14.3 Å². The van der Waals surface area contributed by atoms with Gasteiger partial charge in [-0.2, -0.15) is 0 Å². The van der Waals surface area contributed by atoms with Gasteiger partial charge in [0.05, 0.1) is 12.8 Å². The van der Waals surface area contributed by atoms with Gasteiger partial charge < -0.3 is 10.0 Å². The third-order valence-corrected chi connectivity index (χ3v) is 5.95. The number of rotatable bonds is 4. The van der Waals surface area contributed by atoms with Crippen LogP contribution in [0.15, 0.2) is 18.5 Å². The number of amides is 1. The first-order chi connectivity index (χ1) is 11.6. The van der Waals surface area contributed by atoms with E-state index in [4.69, 9.17) is 0 Å². The summed E-state index contributed by atoms with van der Waals surface area (Å²) in [7, 11) is 0. The average molecular weight is 333 g/mol. The normalized spacial score (nSPS) is 30.4. The fourth-order valence-electron chi connectivity index (χ4n) is 4.37. The minimum atomic E-state index is -0.283. The summed E-state index contributed by atoms with van der Waals surface area (Å²) in [4.78, 5) is 20.4. The fraction of sp³-hybridized carbons (Fsp3) is 0.667. The fourth-order valence-corrected chi connectivity index (χ4v) is 4.37. The van der Waals surface area contributed by atoms with Crippen LogP contribution >= 0.6 is 0 Å². The SMILES string of the molecule is O=C(C1CC1)N1C[C@@H]2CCN(Cc3ccncc3F)C[C@]2(CO)C1. The standard InChI is InChI=1S/C18H24FN3O2/c19-16-7-20-5-3-14(16)8-21-6-4-15-9-22(17(24)13-1-2-13)11-18(15,10-21)12-23/h3,5,7,13,15,23H,1-2,4,6,8-12H2/t15-,18+/m0/s1. The van der Waals surface area contributed by atoms with Crippen LogP contribution in [0.2, 0.25) is 0 Å². The van der Waals surface area contributed by atoms with Crippen molar-refractivity contribution >= 4 is 5.91 Å². The maximum absolute atomic E-state index is 13.9. The van der Waals surface area contributed by atoms with Crippen molar-refractivity contribution in [3.63, 3.8) is 0 Å². The largest absolute Gasteiger partial charge is 0.396 e. The first kappa shape index (κ1) is 16.0. The van der Waals surface area contributed by atoms with E-state index in [0.29, 0.717) is 31.1 Å². The quantitative estimate of drug-likeness (QED) is 0.902. The lowest BCUT2D eigenvalue weighted by Gasteiger charge is -2.43. The van der Waals surface area contributed by atoms with Crippen molar-refractivity contribution in [2.24, 2.45) is 17.3 Å². The Kier molecular flexibility index (Phi) is 4.04. The third kappa shape index (κ3) is 2.82. The number of halogens is 1. The second-order valence-corrected chi connectivity index (χ2v) is 7.68. The molecule has 1 amide bonds. The Balaban J connectivity index is 1.47. The molecule has 2 atom stereocenters. The van der Waals surface area contributed by atoms with Crippen LogP contribution in [-0.2, 0) is 11.3 Å². The molecule has 24 heavy (non-hydrogen) atoms. The Bertz CT molecular complexity index is 636. The van der Waals surface area contributed by atoms with Gasteiger partial charge in [0.15, 0.2) is 0 Å². The van der Waals surface area contributed by atoms with E-state index < -0.39 is 0 Å². The van der Waals surface area contributed by atoms with Crippen molar-refractivity contribution in [1.29, 1.82) is 0 Å². The van der Waals surface area contributed by atoms with Gasteiger partial charge in [-0.15, -0.1) is 0 Å². The second-order valence-electron chi connectivity index (χ2n) is 7.68. The second kappa shape index (κ2) is 6.08. The number of aliphatic hydroxyl groups is 1. The predicted molar refractivity (Wildman–Crippen MR) is 86.4 cm³/mol. The maximum Gasteiger partial charge on any atom is 0.225 e. The van der Waals surface area contributed by atoms with Crippen molar-refractivity contribution in [2.75, 3.05) is 32.8 Å². The predicted octanol–water partition coefficient (Wildman–Crippen LogP) is 1.27. The van der Waals surface area contributed by atoms with Gasteiger partial charge in [0.2, 0.25) is 5.91 Å². The summed E-state index contributed by atoms with van der Waals surface area (Å²) in [5.41, 5.74) is 0.382. The number of nitrogens with zero attached hydrogens (tertiary/aromatic N) is 3. The summed E-state index contributed by atoms with van der Waals surface area (Å²) in [5, 5.41) is 10.1. The van der Waals surface area contributed by atoms with Crippen molar-refractivity contribution in [1.82, 2.24) is 14.8 Å². The van der Waals surface area contributed by atoms with Crippen LogP contribution in [0.25, 0.3) is 0 Å².